The molecule has 4 nitrogen and oxygen atoms in total. The SMILES string of the molecule is CCOC(=O)[C@H](Cc1ccc(OCC=C(C)C#Cc2cccc3ccccc23)cc1)OCC. The molecule has 3 aromatic rings. The van der Waals surface area contributed by atoms with Gasteiger partial charge in [0.15, 0.2) is 6.10 Å². The lowest BCUT2D eigenvalue weighted by atomic mass is 10.0. The van der Waals surface area contributed by atoms with Crippen molar-refractivity contribution < 1.29 is 19.0 Å². The third kappa shape index (κ3) is 7.24. The Morgan fingerprint density at radius 2 is 1.73 bits per heavy atom. The highest BCUT2D eigenvalue weighted by Gasteiger charge is 2.20. The first-order chi connectivity index (χ1) is 16.1. The number of carbonyl (C=O) groups is 1. The molecule has 0 radical (unpaired) electrons. The van der Waals surface area contributed by atoms with Gasteiger partial charge in [0.05, 0.1) is 6.61 Å². The van der Waals surface area contributed by atoms with E-state index in [1.165, 1.54) is 5.39 Å². The molecule has 0 aliphatic heterocycles. The first kappa shape index (κ1) is 24.1. The summed E-state index contributed by atoms with van der Waals surface area (Å²) in [6.45, 7) is 6.87. The molecule has 1 atom stereocenters. The molecule has 0 aromatic heterocycles. The molecule has 0 saturated carbocycles. The second-order valence-electron chi connectivity index (χ2n) is 7.52. The number of fused-ring (bicyclic) bond motifs is 1. The summed E-state index contributed by atoms with van der Waals surface area (Å²) in [6.07, 6.45) is 1.85. The minimum Gasteiger partial charge on any atom is -0.490 e. The molecule has 33 heavy (non-hydrogen) atoms. The van der Waals surface area contributed by atoms with Crippen LogP contribution in [0.15, 0.2) is 78.4 Å². The minimum atomic E-state index is -0.590. The number of hydrogen-bond donors (Lipinski definition) is 0. The molecule has 0 unspecified atom stereocenters. The topological polar surface area (TPSA) is 44.8 Å². The Morgan fingerprint density at radius 1 is 0.970 bits per heavy atom. The Balaban J connectivity index is 1.56. The summed E-state index contributed by atoms with van der Waals surface area (Å²) in [7, 11) is 0. The number of rotatable bonds is 9. The summed E-state index contributed by atoms with van der Waals surface area (Å²) >= 11 is 0. The Morgan fingerprint density at radius 3 is 2.48 bits per heavy atom. The molecular formula is C29H30O4. The van der Waals surface area contributed by atoms with E-state index in [-0.39, 0.29) is 5.97 Å². The number of esters is 1. The Kier molecular flexibility index (Phi) is 9.11. The summed E-state index contributed by atoms with van der Waals surface area (Å²) in [5.41, 5.74) is 2.96. The lowest BCUT2D eigenvalue weighted by Gasteiger charge is -2.15. The molecule has 0 aliphatic rings. The predicted molar refractivity (Wildman–Crippen MR) is 132 cm³/mol. The van der Waals surface area contributed by atoms with Crippen molar-refractivity contribution in [2.45, 2.75) is 33.3 Å². The monoisotopic (exact) mass is 442 g/mol. The van der Waals surface area contributed by atoms with E-state index in [1.54, 1.807) is 6.92 Å². The summed E-state index contributed by atoms with van der Waals surface area (Å²) in [5.74, 6) is 6.91. The molecule has 0 aliphatic carbocycles. The number of benzene rings is 3. The van der Waals surface area contributed by atoms with E-state index < -0.39 is 6.10 Å². The van der Waals surface area contributed by atoms with Crippen molar-refractivity contribution in [1.29, 1.82) is 0 Å². The second-order valence-corrected chi connectivity index (χ2v) is 7.52. The lowest BCUT2D eigenvalue weighted by molar-refractivity contribution is -0.156. The van der Waals surface area contributed by atoms with Gasteiger partial charge in [0.25, 0.3) is 0 Å². The maximum atomic E-state index is 12.0. The highest BCUT2D eigenvalue weighted by atomic mass is 16.6. The van der Waals surface area contributed by atoms with Gasteiger partial charge in [-0.05, 0) is 67.0 Å². The zero-order valence-electron chi connectivity index (χ0n) is 19.5. The van der Waals surface area contributed by atoms with Crippen LogP contribution in [0.3, 0.4) is 0 Å². The van der Waals surface area contributed by atoms with E-state index in [0.29, 0.717) is 26.2 Å². The van der Waals surface area contributed by atoms with E-state index >= 15 is 0 Å². The van der Waals surface area contributed by atoms with Crippen LogP contribution < -0.4 is 4.74 Å². The Labute approximate surface area is 196 Å². The smallest absolute Gasteiger partial charge is 0.335 e. The van der Waals surface area contributed by atoms with Gasteiger partial charge < -0.3 is 14.2 Å². The highest BCUT2D eigenvalue weighted by molar-refractivity contribution is 5.88. The van der Waals surface area contributed by atoms with E-state index in [9.17, 15) is 4.79 Å². The standard InChI is InChI=1S/C29H30O4/c1-4-31-28(29(30)32-5-2)21-23-14-17-26(18-15-23)33-20-19-22(3)13-16-25-11-8-10-24-9-6-7-12-27(24)25/h6-12,14-15,17-19,28H,4-5,20-21H2,1-3H3/t28-/m0/s1. The maximum Gasteiger partial charge on any atom is 0.335 e. The molecule has 0 N–H and O–H groups in total. The Bertz CT molecular complexity index is 1140. The average Bonchev–Trinajstić information content (AvgIpc) is 2.83. The van der Waals surface area contributed by atoms with Crippen molar-refractivity contribution in [3.63, 3.8) is 0 Å². The highest BCUT2D eigenvalue weighted by Crippen LogP contribution is 2.18. The lowest BCUT2D eigenvalue weighted by Crippen LogP contribution is -2.28. The summed E-state index contributed by atoms with van der Waals surface area (Å²) in [4.78, 5) is 12.0. The van der Waals surface area contributed by atoms with Crippen molar-refractivity contribution in [2.75, 3.05) is 19.8 Å². The van der Waals surface area contributed by atoms with Gasteiger partial charge in [-0.3, -0.25) is 0 Å². The van der Waals surface area contributed by atoms with E-state index in [0.717, 1.165) is 27.8 Å². The quantitative estimate of drug-likeness (QED) is 0.314. The first-order valence-corrected chi connectivity index (χ1v) is 11.3. The molecular weight excluding hydrogens is 412 g/mol. The van der Waals surface area contributed by atoms with Crippen LogP contribution in [-0.4, -0.2) is 31.9 Å². The molecule has 0 bridgehead atoms. The fourth-order valence-electron chi connectivity index (χ4n) is 3.40. The van der Waals surface area contributed by atoms with Crippen molar-refractivity contribution in [3.05, 3.63) is 89.5 Å². The van der Waals surface area contributed by atoms with Gasteiger partial charge in [0.1, 0.15) is 12.4 Å². The zero-order chi connectivity index (χ0) is 23.5. The van der Waals surface area contributed by atoms with Crippen LogP contribution in [-0.2, 0) is 20.7 Å². The van der Waals surface area contributed by atoms with Gasteiger partial charge in [-0.25, -0.2) is 4.79 Å². The fourth-order valence-corrected chi connectivity index (χ4v) is 3.40. The largest absolute Gasteiger partial charge is 0.490 e. The minimum absolute atomic E-state index is 0.329. The first-order valence-electron chi connectivity index (χ1n) is 11.3. The van der Waals surface area contributed by atoms with Gasteiger partial charge >= 0.3 is 5.97 Å². The van der Waals surface area contributed by atoms with Crippen LogP contribution in [0.5, 0.6) is 5.75 Å². The van der Waals surface area contributed by atoms with E-state index in [1.807, 2.05) is 68.5 Å². The molecule has 3 aromatic carbocycles. The van der Waals surface area contributed by atoms with Crippen molar-refractivity contribution >= 4 is 16.7 Å². The summed E-state index contributed by atoms with van der Waals surface area (Å²) in [5, 5.41) is 2.35. The van der Waals surface area contributed by atoms with Crippen LogP contribution >= 0.6 is 0 Å². The molecule has 4 heteroatoms. The summed E-state index contributed by atoms with van der Waals surface area (Å²) in [6, 6.07) is 22.1. The third-order valence-electron chi connectivity index (χ3n) is 5.09. The summed E-state index contributed by atoms with van der Waals surface area (Å²) < 4.78 is 16.5. The normalized spacial score (nSPS) is 12.0. The molecule has 0 spiro atoms. The fraction of sp³-hybridized carbons (Fsp3) is 0.276. The molecule has 0 heterocycles. The van der Waals surface area contributed by atoms with Crippen molar-refractivity contribution in [2.24, 2.45) is 0 Å². The molecule has 170 valence electrons. The number of ether oxygens (including phenoxy) is 3. The zero-order valence-corrected chi connectivity index (χ0v) is 19.5. The third-order valence-corrected chi connectivity index (χ3v) is 5.09. The predicted octanol–water partition coefficient (Wildman–Crippen LogP) is 5.73. The molecule has 0 saturated heterocycles. The molecule has 3 rings (SSSR count). The van der Waals surface area contributed by atoms with Gasteiger partial charge in [0.2, 0.25) is 0 Å². The number of hydrogen-bond acceptors (Lipinski definition) is 4. The van der Waals surface area contributed by atoms with Gasteiger partial charge in [-0.15, -0.1) is 0 Å². The van der Waals surface area contributed by atoms with Crippen molar-refractivity contribution in [3.8, 4) is 17.6 Å². The van der Waals surface area contributed by atoms with Gasteiger partial charge in [0, 0.05) is 18.6 Å². The van der Waals surface area contributed by atoms with E-state index in [2.05, 4.69) is 30.0 Å². The maximum absolute atomic E-state index is 12.0. The van der Waals surface area contributed by atoms with Crippen LogP contribution in [0, 0.1) is 11.8 Å². The van der Waals surface area contributed by atoms with Crippen LogP contribution in [0.2, 0.25) is 0 Å². The van der Waals surface area contributed by atoms with Crippen LogP contribution in [0.1, 0.15) is 31.9 Å². The van der Waals surface area contributed by atoms with Gasteiger partial charge in [-0.2, -0.15) is 0 Å². The Hall–Kier alpha value is -3.55. The number of carbonyl (C=O) groups excluding carboxylic acids is 1. The molecule has 0 fully saturated rings. The number of allylic oxidation sites excluding steroid dienone is 1. The molecule has 0 amide bonds. The average molecular weight is 443 g/mol. The van der Waals surface area contributed by atoms with Gasteiger partial charge in [-0.1, -0.05) is 60.4 Å². The van der Waals surface area contributed by atoms with E-state index in [4.69, 9.17) is 14.2 Å². The van der Waals surface area contributed by atoms with Crippen LogP contribution in [0.25, 0.3) is 10.8 Å². The van der Waals surface area contributed by atoms with Crippen LogP contribution in [0.4, 0.5) is 0 Å². The van der Waals surface area contributed by atoms with Crippen molar-refractivity contribution in [1.82, 2.24) is 0 Å². The second kappa shape index (κ2) is 12.5.